The van der Waals surface area contributed by atoms with Crippen LogP contribution in [-0.2, 0) is 20.9 Å². The van der Waals surface area contributed by atoms with Crippen LogP contribution < -0.4 is 10.6 Å². The highest BCUT2D eigenvalue weighted by molar-refractivity contribution is 8.02. The van der Waals surface area contributed by atoms with Crippen molar-refractivity contribution in [1.29, 1.82) is 0 Å². The summed E-state index contributed by atoms with van der Waals surface area (Å²) in [7, 11) is 0. The van der Waals surface area contributed by atoms with Crippen molar-refractivity contribution in [2.75, 3.05) is 19.7 Å². The topological polar surface area (TPSA) is 98.7 Å². The fourth-order valence-corrected chi connectivity index (χ4v) is 7.86. The Morgan fingerprint density at radius 2 is 1.97 bits per heavy atom. The van der Waals surface area contributed by atoms with E-state index in [0.717, 1.165) is 24.8 Å². The average Bonchev–Trinajstić information content (AvgIpc) is 3.44. The molecule has 7 nitrogen and oxygen atoms in total. The molecular formula is C24H33N3O4S. The minimum atomic E-state index is -0.582. The van der Waals surface area contributed by atoms with Crippen LogP contribution in [0.2, 0.25) is 0 Å². The van der Waals surface area contributed by atoms with Gasteiger partial charge < -0.3 is 20.6 Å². The number of aliphatic hydroxyl groups excluding tert-OH is 1. The van der Waals surface area contributed by atoms with Gasteiger partial charge in [0.15, 0.2) is 0 Å². The normalized spacial score (nSPS) is 30.4. The number of unbranched alkanes of at least 4 members (excludes halogenated alkanes) is 1. The smallest absolute Gasteiger partial charge is 0.244 e. The molecule has 2 bridgehead atoms. The first kappa shape index (κ1) is 23.1. The maximum atomic E-state index is 13.6. The third kappa shape index (κ3) is 4.03. The minimum Gasteiger partial charge on any atom is -0.396 e. The van der Waals surface area contributed by atoms with Crippen LogP contribution in [0, 0.1) is 11.8 Å². The van der Waals surface area contributed by atoms with Crippen LogP contribution in [0.4, 0.5) is 0 Å². The third-order valence-electron chi connectivity index (χ3n) is 7.02. The summed E-state index contributed by atoms with van der Waals surface area (Å²) in [6, 6.07) is 9.15. The highest BCUT2D eigenvalue weighted by Gasteiger charge is 2.73. The Morgan fingerprint density at radius 1 is 1.19 bits per heavy atom. The molecule has 32 heavy (non-hydrogen) atoms. The molecule has 1 spiro atoms. The van der Waals surface area contributed by atoms with Gasteiger partial charge in [0.1, 0.15) is 6.04 Å². The Balaban J connectivity index is 1.58. The lowest BCUT2D eigenvalue weighted by molar-refractivity contribution is -0.140. The van der Waals surface area contributed by atoms with E-state index in [4.69, 9.17) is 0 Å². The first-order chi connectivity index (χ1) is 15.5. The molecule has 3 saturated heterocycles. The van der Waals surface area contributed by atoms with Crippen LogP contribution >= 0.6 is 11.8 Å². The van der Waals surface area contributed by atoms with Gasteiger partial charge in [-0.05, 0) is 37.7 Å². The quantitative estimate of drug-likeness (QED) is 0.463. The van der Waals surface area contributed by atoms with Crippen LogP contribution in [0.5, 0.6) is 0 Å². The Hall–Kier alpha value is -2.06. The van der Waals surface area contributed by atoms with E-state index in [1.807, 2.05) is 37.3 Å². The number of thioether (sulfide) groups is 1. The van der Waals surface area contributed by atoms with Crippen molar-refractivity contribution in [2.45, 2.75) is 61.6 Å². The number of fused-ring (bicyclic) bond motifs is 1. The van der Waals surface area contributed by atoms with Gasteiger partial charge >= 0.3 is 0 Å². The van der Waals surface area contributed by atoms with Gasteiger partial charge in [0.05, 0.1) is 16.6 Å². The molecule has 3 amide bonds. The molecule has 0 aliphatic carbocycles. The highest BCUT2D eigenvalue weighted by atomic mass is 32.2. The van der Waals surface area contributed by atoms with Crippen molar-refractivity contribution in [2.24, 2.45) is 11.8 Å². The van der Waals surface area contributed by atoms with E-state index in [1.165, 1.54) is 0 Å². The van der Waals surface area contributed by atoms with Gasteiger partial charge in [-0.15, -0.1) is 11.8 Å². The molecule has 174 valence electrons. The molecule has 8 heteroatoms. The number of benzene rings is 1. The minimum absolute atomic E-state index is 0.0510. The van der Waals surface area contributed by atoms with E-state index < -0.39 is 16.7 Å². The molecule has 3 N–H and O–H groups in total. The van der Waals surface area contributed by atoms with Gasteiger partial charge in [0, 0.05) is 31.5 Å². The maximum Gasteiger partial charge on any atom is 0.244 e. The van der Waals surface area contributed by atoms with Crippen LogP contribution in [0.1, 0.15) is 44.6 Å². The molecule has 0 radical (unpaired) electrons. The Morgan fingerprint density at radius 3 is 2.69 bits per heavy atom. The standard InChI is InChI=1S/C24H33N3O4S/c1-2-12-25-21(29)18-17-10-11-24(32-17)19(18)23(31)27(13-6-7-14-28)20(24)22(30)26-15-16-8-4-3-5-9-16/h3-5,8-9,17-20,28H,2,6-7,10-15H2,1H3,(H,25,29)(H,26,30)/t17-,18+,19+,20?,24?/m1/s1. The lowest BCUT2D eigenvalue weighted by atomic mass is 9.70. The third-order valence-corrected chi connectivity index (χ3v) is 8.97. The van der Waals surface area contributed by atoms with E-state index in [1.54, 1.807) is 16.7 Å². The van der Waals surface area contributed by atoms with E-state index in [2.05, 4.69) is 10.6 Å². The van der Waals surface area contributed by atoms with Crippen molar-refractivity contribution in [3.05, 3.63) is 35.9 Å². The van der Waals surface area contributed by atoms with Crippen molar-refractivity contribution in [3.63, 3.8) is 0 Å². The molecule has 4 rings (SSSR count). The average molecular weight is 460 g/mol. The summed E-state index contributed by atoms with van der Waals surface area (Å²) >= 11 is 1.69. The largest absolute Gasteiger partial charge is 0.396 e. The fraction of sp³-hybridized carbons (Fsp3) is 0.625. The number of hydrogen-bond acceptors (Lipinski definition) is 5. The summed E-state index contributed by atoms with van der Waals surface area (Å²) in [4.78, 5) is 41.9. The summed E-state index contributed by atoms with van der Waals surface area (Å²) in [5.41, 5.74) is 1.01. The summed E-state index contributed by atoms with van der Waals surface area (Å²) in [5, 5.41) is 15.3. The van der Waals surface area contributed by atoms with E-state index in [9.17, 15) is 19.5 Å². The Kier molecular flexibility index (Phi) is 7.10. The number of hydrogen-bond donors (Lipinski definition) is 3. The van der Waals surface area contributed by atoms with Crippen LogP contribution in [0.25, 0.3) is 0 Å². The molecule has 3 fully saturated rings. The van der Waals surface area contributed by atoms with Crippen LogP contribution in [0.3, 0.4) is 0 Å². The molecule has 3 aliphatic rings. The van der Waals surface area contributed by atoms with E-state index in [0.29, 0.717) is 32.5 Å². The molecular weight excluding hydrogens is 426 g/mol. The van der Waals surface area contributed by atoms with E-state index in [-0.39, 0.29) is 35.5 Å². The first-order valence-corrected chi connectivity index (χ1v) is 12.6. The van der Waals surface area contributed by atoms with Gasteiger partial charge in [0.25, 0.3) is 0 Å². The second-order valence-corrected chi connectivity index (χ2v) is 10.6. The molecule has 3 aliphatic heterocycles. The zero-order chi connectivity index (χ0) is 22.7. The SMILES string of the molecule is CCCNC(=O)[C@@H]1[C@H]2C(=O)N(CCCCO)C(C(=O)NCc3ccccc3)C23CC[C@H]1S3. The number of aliphatic hydroxyl groups is 1. The molecule has 3 heterocycles. The summed E-state index contributed by atoms with van der Waals surface area (Å²) in [5.74, 6) is -1.10. The lowest BCUT2D eigenvalue weighted by Crippen LogP contribution is -2.53. The number of carbonyl (C=O) groups excluding carboxylic acids is 3. The van der Waals surface area contributed by atoms with Gasteiger partial charge in [-0.1, -0.05) is 37.3 Å². The number of likely N-dealkylation sites (tertiary alicyclic amines) is 1. The monoisotopic (exact) mass is 459 g/mol. The van der Waals surface area contributed by atoms with Gasteiger partial charge in [-0.3, -0.25) is 14.4 Å². The molecule has 5 atom stereocenters. The summed E-state index contributed by atoms with van der Waals surface area (Å²) in [6.07, 6.45) is 3.68. The maximum absolute atomic E-state index is 13.6. The Labute approximate surface area is 193 Å². The predicted molar refractivity (Wildman–Crippen MR) is 124 cm³/mol. The summed E-state index contributed by atoms with van der Waals surface area (Å²) < 4.78 is -0.546. The number of nitrogens with zero attached hydrogens (tertiary/aromatic N) is 1. The molecule has 0 saturated carbocycles. The second-order valence-electron chi connectivity index (χ2n) is 9.01. The number of nitrogens with one attached hydrogen (secondary N) is 2. The predicted octanol–water partition coefficient (Wildman–Crippen LogP) is 1.69. The second kappa shape index (κ2) is 9.83. The van der Waals surface area contributed by atoms with Gasteiger partial charge in [0.2, 0.25) is 17.7 Å². The van der Waals surface area contributed by atoms with Crippen LogP contribution in [0.15, 0.2) is 30.3 Å². The van der Waals surface area contributed by atoms with Gasteiger partial charge in [-0.2, -0.15) is 0 Å². The van der Waals surface area contributed by atoms with Gasteiger partial charge in [-0.25, -0.2) is 0 Å². The van der Waals surface area contributed by atoms with Crippen molar-refractivity contribution < 1.29 is 19.5 Å². The fourth-order valence-electron chi connectivity index (χ4n) is 5.64. The lowest BCUT2D eigenvalue weighted by Gasteiger charge is -2.34. The van der Waals surface area contributed by atoms with Crippen molar-refractivity contribution in [1.82, 2.24) is 15.5 Å². The Bertz CT molecular complexity index is 851. The van der Waals surface area contributed by atoms with E-state index >= 15 is 0 Å². The zero-order valence-corrected chi connectivity index (χ0v) is 19.4. The molecule has 1 aromatic carbocycles. The molecule has 1 aromatic rings. The highest BCUT2D eigenvalue weighted by Crippen LogP contribution is 2.66. The van der Waals surface area contributed by atoms with Crippen molar-refractivity contribution in [3.8, 4) is 0 Å². The summed E-state index contributed by atoms with van der Waals surface area (Å²) in [6.45, 7) is 3.50. The number of carbonyl (C=O) groups is 3. The number of rotatable bonds is 10. The zero-order valence-electron chi connectivity index (χ0n) is 18.6. The number of amides is 3. The molecule has 0 aromatic heterocycles. The molecule has 2 unspecified atom stereocenters. The first-order valence-electron chi connectivity index (χ1n) is 11.7. The van der Waals surface area contributed by atoms with Crippen molar-refractivity contribution >= 4 is 29.5 Å². The van der Waals surface area contributed by atoms with Crippen LogP contribution in [-0.4, -0.2) is 63.5 Å².